The molecule has 4 rings (SSSR count). The van der Waals surface area contributed by atoms with Gasteiger partial charge >= 0.3 is 12.3 Å². The van der Waals surface area contributed by atoms with E-state index in [4.69, 9.17) is 28.3 Å². The Bertz CT molecular complexity index is 1800. The zero-order valence-corrected chi connectivity index (χ0v) is 26.4. The summed E-state index contributed by atoms with van der Waals surface area (Å²) in [7, 11) is -3.71. The van der Waals surface area contributed by atoms with E-state index in [1.54, 1.807) is 4.90 Å². The van der Waals surface area contributed by atoms with Gasteiger partial charge in [0, 0.05) is 24.2 Å². The number of nitrogens with one attached hydrogen (secondary N) is 2. The summed E-state index contributed by atoms with van der Waals surface area (Å²) < 4.78 is 69.4. The van der Waals surface area contributed by atoms with E-state index in [-0.39, 0.29) is 57.0 Å². The zero-order valence-electron chi connectivity index (χ0n) is 24.1. The van der Waals surface area contributed by atoms with Crippen molar-refractivity contribution in [2.24, 2.45) is 0 Å². The number of carbonyl (C=O) groups excluding carboxylic acids is 1. The van der Waals surface area contributed by atoms with Gasteiger partial charge in [-0.15, -0.1) is 0 Å². The summed E-state index contributed by atoms with van der Waals surface area (Å²) in [5.74, 6) is -0.785. The van der Waals surface area contributed by atoms with Gasteiger partial charge in [0.1, 0.15) is 6.04 Å². The standard InChI is InChI=1S/C28H30Cl2F3N5O6S/c1-3-45(43,44)22-7-6-17(29)9-16(22)11-38-14-34-24-19(26(38)40)10-21(28(31,32)33)20(23(24)30)13-37-8-4-5-18(12-37)36-25(39)15(2)35-27(41)42/h6-7,9-10,14-15,18,35H,3-5,8,11-13H2,1-2H3,(H,36,39)(H,41,42)/t15-,18+/m1/s1. The number of fused-ring (bicyclic) bond motifs is 1. The number of benzene rings is 2. The van der Waals surface area contributed by atoms with Crippen LogP contribution in [0.4, 0.5) is 18.0 Å². The van der Waals surface area contributed by atoms with E-state index in [0.717, 1.165) is 10.9 Å². The summed E-state index contributed by atoms with van der Waals surface area (Å²) in [4.78, 5) is 42.5. The van der Waals surface area contributed by atoms with Crippen molar-refractivity contribution in [3.63, 3.8) is 0 Å². The van der Waals surface area contributed by atoms with Crippen LogP contribution in [0.1, 0.15) is 43.4 Å². The van der Waals surface area contributed by atoms with Gasteiger partial charge < -0.3 is 15.7 Å². The third kappa shape index (κ3) is 7.88. The van der Waals surface area contributed by atoms with Crippen molar-refractivity contribution in [2.75, 3.05) is 18.8 Å². The lowest BCUT2D eigenvalue weighted by molar-refractivity contribution is -0.138. The van der Waals surface area contributed by atoms with Crippen LogP contribution in [0.5, 0.6) is 0 Å². The first-order valence-electron chi connectivity index (χ1n) is 13.8. The molecular formula is C28H30Cl2F3N5O6S. The second-order valence-corrected chi connectivity index (χ2v) is 13.8. The van der Waals surface area contributed by atoms with E-state index >= 15 is 0 Å². The summed E-state index contributed by atoms with van der Waals surface area (Å²) in [6.45, 7) is 2.82. The Labute approximate surface area is 266 Å². The quantitative estimate of drug-likeness (QED) is 0.301. The summed E-state index contributed by atoms with van der Waals surface area (Å²) in [6.07, 6.45) is -4.09. The second-order valence-electron chi connectivity index (χ2n) is 10.7. The zero-order chi connectivity index (χ0) is 33.3. The van der Waals surface area contributed by atoms with E-state index in [1.807, 2.05) is 5.32 Å². The van der Waals surface area contributed by atoms with Crippen LogP contribution < -0.4 is 16.2 Å². The van der Waals surface area contributed by atoms with Crippen molar-refractivity contribution in [3.8, 4) is 0 Å². The molecule has 244 valence electrons. The summed E-state index contributed by atoms with van der Waals surface area (Å²) in [5.41, 5.74) is -2.25. The first kappa shape index (κ1) is 34.5. The van der Waals surface area contributed by atoms with Crippen molar-refractivity contribution >= 4 is 55.9 Å². The Morgan fingerprint density at radius 3 is 2.56 bits per heavy atom. The third-order valence-corrected chi connectivity index (χ3v) is 9.98. The number of piperidine rings is 1. The molecule has 3 aromatic rings. The van der Waals surface area contributed by atoms with Gasteiger partial charge in [0.2, 0.25) is 5.91 Å². The van der Waals surface area contributed by atoms with Gasteiger partial charge in [-0.25, -0.2) is 18.2 Å². The number of nitrogens with zero attached hydrogens (tertiary/aromatic N) is 3. The van der Waals surface area contributed by atoms with Gasteiger partial charge in [-0.05, 0) is 61.7 Å². The summed E-state index contributed by atoms with van der Waals surface area (Å²) in [5, 5.41) is 13.1. The molecule has 1 aliphatic heterocycles. The minimum absolute atomic E-state index is 0.0608. The Balaban J connectivity index is 1.68. The Kier molecular flexibility index (Phi) is 10.4. The fourth-order valence-corrected chi connectivity index (χ4v) is 6.87. The van der Waals surface area contributed by atoms with Crippen molar-refractivity contribution in [1.29, 1.82) is 0 Å². The molecule has 2 aromatic carbocycles. The molecule has 0 unspecified atom stereocenters. The molecule has 0 saturated carbocycles. The molecule has 45 heavy (non-hydrogen) atoms. The van der Waals surface area contributed by atoms with E-state index in [2.05, 4.69) is 10.3 Å². The molecule has 1 aromatic heterocycles. The lowest BCUT2D eigenvalue weighted by atomic mass is 10.00. The highest BCUT2D eigenvalue weighted by Crippen LogP contribution is 2.39. The molecule has 0 bridgehead atoms. The smallest absolute Gasteiger partial charge is 0.416 e. The maximum Gasteiger partial charge on any atom is 0.416 e. The van der Waals surface area contributed by atoms with Gasteiger partial charge in [0.05, 0.1) is 45.0 Å². The van der Waals surface area contributed by atoms with Crippen LogP contribution in [0, 0.1) is 0 Å². The average molecular weight is 693 g/mol. The molecule has 2 heterocycles. The van der Waals surface area contributed by atoms with E-state index < -0.39 is 56.6 Å². The van der Waals surface area contributed by atoms with E-state index in [1.165, 1.54) is 32.0 Å². The van der Waals surface area contributed by atoms with Crippen LogP contribution in [-0.2, 0) is 33.9 Å². The number of hydrogen-bond acceptors (Lipinski definition) is 7. The third-order valence-electron chi connectivity index (χ3n) is 7.51. The van der Waals surface area contributed by atoms with E-state index in [9.17, 15) is 36.0 Å². The molecule has 1 fully saturated rings. The molecule has 3 N–H and O–H groups in total. The maximum absolute atomic E-state index is 14.4. The SMILES string of the molecule is CCS(=O)(=O)c1ccc(Cl)cc1Cn1cnc2c(Cl)c(CN3CCC[C@H](NC(=O)[C@@H](C)NC(=O)O)C3)c(C(F)(F)F)cc2c1=O. The first-order chi connectivity index (χ1) is 21.0. The van der Waals surface area contributed by atoms with Crippen LogP contribution in [-0.4, -0.2) is 70.9 Å². The largest absolute Gasteiger partial charge is 0.465 e. The predicted molar refractivity (Wildman–Crippen MR) is 161 cm³/mol. The van der Waals surface area contributed by atoms with Crippen LogP contribution in [0.2, 0.25) is 10.0 Å². The molecule has 11 nitrogen and oxygen atoms in total. The monoisotopic (exact) mass is 691 g/mol. The van der Waals surface area contributed by atoms with E-state index in [0.29, 0.717) is 25.5 Å². The maximum atomic E-state index is 14.4. The fourth-order valence-electron chi connectivity index (χ4n) is 5.25. The number of hydrogen-bond donors (Lipinski definition) is 3. The van der Waals surface area contributed by atoms with Crippen LogP contribution >= 0.6 is 23.2 Å². The molecule has 2 atom stereocenters. The minimum atomic E-state index is -4.89. The minimum Gasteiger partial charge on any atom is -0.465 e. The van der Waals surface area contributed by atoms with Gasteiger partial charge in [-0.2, -0.15) is 13.2 Å². The van der Waals surface area contributed by atoms with Gasteiger partial charge in [0.25, 0.3) is 5.56 Å². The Hall–Kier alpha value is -3.40. The molecule has 1 saturated heterocycles. The number of rotatable bonds is 9. The molecule has 17 heteroatoms. The summed E-state index contributed by atoms with van der Waals surface area (Å²) >= 11 is 12.6. The van der Waals surface area contributed by atoms with Crippen LogP contribution in [0.25, 0.3) is 10.9 Å². The lowest BCUT2D eigenvalue weighted by Gasteiger charge is -2.34. The molecule has 2 amide bonds. The van der Waals surface area contributed by atoms with Crippen LogP contribution in [0.3, 0.4) is 0 Å². The number of likely N-dealkylation sites (tertiary alicyclic amines) is 1. The van der Waals surface area contributed by atoms with Gasteiger partial charge in [0.15, 0.2) is 9.84 Å². The number of amides is 2. The van der Waals surface area contributed by atoms with Crippen molar-refractivity contribution in [3.05, 3.63) is 67.7 Å². The van der Waals surface area contributed by atoms with Crippen molar-refractivity contribution in [2.45, 2.75) is 62.9 Å². The Morgan fingerprint density at radius 2 is 1.91 bits per heavy atom. The number of carbonyl (C=O) groups is 2. The number of aromatic nitrogens is 2. The number of halogens is 5. The average Bonchev–Trinajstić information content (AvgIpc) is 2.95. The number of carboxylic acid groups (broad SMARTS) is 1. The van der Waals surface area contributed by atoms with Gasteiger partial charge in [-0.1, -0.05) is 30.1 Å². The molecule has 0 spiro atoms. The molecular weight excluding hydrogens is 662 g/mol. The van der Waals surface area contributed by atoms with Crippen molar-refractivity contribution < 1.29 is 36.3 Å². The topological polar surface area (TPSA) is 151 Å². The first-order valence-corrected chi connectivity index (χ1v) is 16.2. The highest BCUT2D eigenvalue weighted by Gasteiger charge is 2.37. The predicted octanol–water partition coefficient (Wildman–Crippen LogP) is 4.30. The molecule has 0 aliphatic carbocycles. The Morgan fingerprint density at radius 1 is 1.20 bits per heavy atom. The molecule has 0 radical (unpaired) electrons. The van der Waals surface area contributed by atoms with Gasteiger partial charge in [-0.3, -0.25) is 19.1 Å². The molecule has 1 aliphatic rings. The second kappa shape index (κ2) is 13.5. The highest BCUT2D eigenvalue weighted by molar-refractivity contribution is 7.91. The lowest BCUT2D eigenvalue weighted by Crippen LogP contribution is -2.52. The van der Waals surface area contributed by atoms with Crippen LogP contribution in [0.15, 0.2) is 40.3 Å². The normalized spacial score (nSPS) is 16.8. The fraction of sp³-hybridized carbons (Fsp3) is 0.429. The summed E-state index contributed by atoms with van der Waals surface area (Å²) in [6, 6.07) is 3.30. The highest BCUT2D eigenvalue weighted by atomic mass is 35.5. The number of alkyl halides is 3. The van der Waals surface area contributed by atoms with Crippen molar-refractivity contribution in [1.82, 2.24) is 25.1 Å². The number of sulfone groups is 1.